The lowest BCUT2D eigenvalue weighted by Crippen LogP contribution is -2.18. The lowest BCUT2D eigenvalue weighted by atomic mass is 9.99. The Morgan fingerprint density at radius 1 is 0.900 bits per heavy atom. The van der Waals surface area contributed by atoms with Crippen molar-refractivity contribution in [3.63, 3.8) is 0 Å². The van der Waals surface area contributed by atoms with Gasteiger partial charge in [-0.25, -0.2) is 0 Å². The van der Waals surface area contributed by atoms with Crippen molar-refractivity contribution in [2.24, 2.45) is 0 Å². The Kier molecular flexibility index (Phi) is 5.50. The van der Waals surface area contributed by atoms with Crippen molar-refractivity contribution in [3.05, 3.63) is 89.3 Å². The van der Waals surface area contributed by atoms with E-state index >= 15 is 0 Å². The van der Waals surface area contributed by atoms with Crippen LogP contribution in [0.15, 0.2) is 78.9 Å². The summed E-state index contributed by atoms with van der Waals surface area (Å²) < 4.78 is 0.957. The molecule has 150 valence electrons. The highest BCUT2D eigenvalue weighted by atomic mass is 32.1. The fourth-order valence-electron chi connectivity index (χ4n) is 3.15. The third-order valence-electron chi connectivity index (χ3n) is 4.91. The molecule has 1 aromatic heterocycles. The van der Waals surface area contributed by atoms with Crippen molar-refractivity contribution < 1.29 is 9.59 Å². The quantitative estimate of drug-likeness (QED) is 0.378. The monoisotopic (exact) mass is 415 g/mol. The van der Waals surface area contributed by atoms with E-state index in [2.05, 4.69) is 10.6 Å². The van der Waals surface area contributed by atoms with E-state index in [0.29, 0.717) is 16.3 Å². The molecule has 0 fully saturated rings. The third-order valence-corrected chi connectivity index (χ3v) is 6.01. The maximum Gasteiger partial charge on any atom is 0.265 e. The first-order valence-corrected chi connectivity index (χ1v) is 10.4. The van der Waals surface area contributed by atoms with Crippen LogP contribution in [0.25, 0.3) is 10.1 Å². The van der Waals surface area contributed by atoms with Crippen LogP contribution in [0, 0.1) is 0 Å². The third kappa shape index (κ3) is 4.18. The lowest BCUT2D eigenvalue weighted by molar-refractivity contribution is -0.117. The largest absolute Gasteiger partial charge is 0.397 e. The maximum atomic E-state index is 12.6. The number of thiophene rings is 1. The average Bonchev–Trinajstić information content (AvgIpc) is 3.19. The van der Waals surface area contributed by atoms with Crippen molar-refractivity contribution in [1.29, 1.82) is 0 Å². The summed E-state index contributed by atoms with van der Waals surface area (Å²) in [7, 11) is 0. The highest BCUT2D eigenvalue weighted by Crippen LogP contribution is 2.30. The topological polar surface area (TPSA) is 84.2 Å². The molecule has 1 unspecified atom stereocenters. The number of para-hydroxylation sites is 3. The van der Waals surface area contributed by atoms with Crippen LogP contribution in [-0.4, -0.2) is 11.8 Å². The standard InChI is InChI=1S/C24H21N3O2S/c1-15(23(28)26-18-7-3-2-4-8-18)16-11-12-17-14-22(30-21(17)13-16)24(29)27-20-10-6-5-9-19(20)25/h2-15H,25H2,1H3,(H,26,28)(H,27,29). The molecule has 0 bridgehead atoms. The van der Waals surface area contributed by atoms with E-state index in [-0.39, 0.29) is 17.7 Å². The number of benzene rings is 3. The minimum atomic E-state index is -0.321. The fraction of sp³-hybridized carbons (Fsp3) is 0.0833. The molecule has 0 spiro atoms. The number of hydrogen-bond donors (Lipinski definition) is 3. The van der Waals surface area contributed by atoms with Crippen LogP contribution in [0.2, 0.25) is 0 Å². The van der Waals surface area contributed by atoms with Gasteiger partial charge in [-0.05, 0) is 54.3 Å². The predicted octanol–water partition coefficient (Wildman–Crippen LogP) is 5.48. The first-order valence-electron chi connectivity index (χ1n) is 9.56. The Morgan fingerprint density at radius 3 is 2.40 bits per heavy atom. The number of anilines is 3. The van der Waals surface area contributed by atoms with Gasteiger partial charge in [0.15, 0.2) is 0 Å². The van der Waals surface area contributed by atoms with Crippen LogP contribution in [0.5, 0.6) is 0 Å². The van der Waals surface area contributed by atoms with Gasteiger partial charge in [-0.15, -0.1) is 11.3 Å². The summed E-state index contributed by atoms with van der Waals surface area (Å²) in [6.07, 6.45) is 0. The summed E-state index contributed by atoms with van der Waals surface area (Å²) in [5.41, 5.74) is 8.69. The number of fused-ring (bicyclic) bond motifs is 1. The van der Waals surface area contributed by atoms with Gasteiger partial charge in [0, 0.05) is 10.4 Å². The molecule has 0 saturated carbocycles. The highest BCUT2D eigenvalue weighted by molar-refractivity contribution is 7.20. The van der Waals surface area contributed by atoms with Gasteiger partial charge < -0.3 is 16.4 Å². The zero-order valence-corrected chi connectivity index (χ0v) is 17.2. The van der Waals surface area contributed by atoms with Crippen LogP contribution in [0.4, 0.5) is 17.1 Å². The van der Waals surface area contributed by atoms with Crippen LogP contribution in [-0.2, 0) is 4.79 Å². The molecule has 0 radical (unpaired) electrons. The van der Waals surface area contributed by atoms with Crippen molar-refractivity contribution in [2.45, 2.75) is 12.8 Å². The van der Waals surface area contributed by atoms with E-state index in [0.717, 1.165) is 21.3 Å². The van der Waals surface area contributed by atoms with Crippen molar-refractivity contribution in [1.82, 2.24) is 0 Å². The number of carbonyl (C=O) groups is 2. The van der Waals surface area contributed by atoms with E-state index in [1.54, 1.807) is 12.1 Å². The number of hydrogen-bond acceptors (Lipinski definition) is 4. The first-order chi connectivity index (χ1) is 14.5. The fourth-order valence-corrected chi connectivity index (χ4v) is 4.15. The van der Waals surface area contributed by atoms with Crippen molar-refractivity contribution in [2.75, 3.05) is 16.4 Å². The van der Waals surface area contributed by atoms with Gasteiger partial charge in [-0.1, -0.05) is 42.5 Å². The molecular weight excluding hydrogens is 394 g/mol. The molecule has 0 aliphatic rings. The highest BCUT2D eigenvalue weighted by Gasteiger charge is 2.17. The van der Waals surface area contributed by atoms with Crippen LogP contribution in [0.1, 0.15) is 28.1 Å². The molecule has 1 heterocycles. The van der Waals surface area contributed by atoms with Gasteiger partial charge in [0.2, 0.25) is 5.91 Å². The van der Waals surface area contributed by atoms with E-state index < -0.39 is 0 Å². The molecule has 2 amide bonds. The van der Waals surface area contributed by atoms with Crippen molar-refractivity contribution in [3.8, 4) is 0 Å². The second-order valence-electron chi connectivity index (χ2n) is 7.03. The van der Waals surface area contributed by atoms with Gasteiger partial charge in [-0.3, -0.25) is 9.59 Å². The zero-order chi connectivity index (χ0) is 21.1. The molecule has 30 heavy (non-hydrogen) atoms. The van der Waals surface area contributed by atoms with E-state index in [9.17, 15) is 9.59 Å². The Morgan fingerprint density at radius 2 is 1.63 bits per heavy atom. The molecule has 6 heteroatoms. The molecule has 0 saturated heterocycles. The molecule has 3 aromatic carbocycles. The minimum absolute atomic E-state index is 0.0744. The Hall–Kier alpha value is -3.64. The van der Waals surface area contributed by atoms with Crippen molar-refractivity contribution >= 4 is 50.3 Å². The summed E-state index contributed by atoms with van der Waals surface area (Å²) >= 11 is 1.39. The summed E-state index contributed by atoms with van der Waals surface area (Å²) in [6, 6.07) is 24.3. The molecule has 0 aliphatic heterocycles. The minimum Gasteiger partial charge on any atom is -0.397 e. The number of carbonyl (C=O) groups excluding carboxylic acids is 2. The normalized spacial score (nSPS) is 11.8. The van der Waals surface area contributed by atoms with Crippen LogP contribution < -0.4 is 16.4 Å². The van der Waals surface area contributed by atoms with Crippen LogP contribution >= 0.6 is 11.3 Å². The second kappa shape index (κ2) is 8.39. The average molecular weight is 416 g/mol. The van der Waals surface area contributed by atoms with Gasteiger partial charge in [0.1, 0.15) is 0 Å². The number of nitrogen functional groups attached to an aromatic ring is 1. The van der Waals surface area contributed by atoms with Crippen LogP contribution in [0.3, 0.4) is 0 Å². The predicted molar refractivity (Wildman–Crippen MR) is 124 cm³/mol. The molecule has 5 nitrogen and oxygen atoms in total. The zero-order valence-electron chi connectivity index (χ0n) is 16.4. The number of nitrogens with one attached hydrogen (secondary N) is 2. The number of amides is 2. The number of rotatable bonds is 5. The summed E-state index contributed by atoms with van der Waals surface area (Å²) in [6.45, 7) is 1.87. The summed E-state index contributed by atoms with van der Waals surface area (Å²) in [5, 5.41) is 6.75. The SMILES string of the molecule is CC(C(=O)Nc1ccccc1)c1ccc2cc(C(=O)Nc3ccccc3N)sc2c1. The van der Waals surface area contributed by atoms with E-state index in [1.165, 1.54) is 11.3 Å². The second-order valence-corrected chi connectivity index (χ2v) is 8.11. The number of nitrogens with two attached hydrogens (primary N) is 1. The molecule has 4 rings (SSSR count). The van der Waals surface area contributed by atoms with Gasteiger partial charge in [0.25, 0.3) is 5.91 Å². The van der Waals surface area contributed by atoms with E-state index in [4.69, 9.17) is 5.73 Å². The molecule has 1 atom stereocenters. The van der Waals surface area contributed by atoms with Gasteiger partial charge in [-0.2, -0.15) is 0 Å². The Bertz CT molecular complexity index is 1220. The van der Waals surface area contributed by atoms with Gasteiger partial charge >= 0.3 is 0 Å². The van der Waals surface area contributed by atoms with E-state index in [1.807, 2.05) is 73.7 Å². The Balaban J connectivity index is 1.52. The maximum absolute atomic E-state index is 12.6. The summed E-state index contributed by atoms with van der Waals surface area (Å²) in [4.78, 5) is 25.8. The first kappa shape index (κ1) is 19.7. The molecular formula is C24H21N3O2S. The molecule has 4 N–H and O–H groups in total. The van der Waals surface area contributed by atoms with Gasteiger partial charge in [0.05, 0.1) is 22.2 Å². The molecule has 0 aliphatic carbocycles. The Labute approximate surface area is 178 Å². The summed E-state index contributed by atoms with van der Waals surface area (Å²) in [5.74, 6) is -0.599. The molecule has 4 aromatic rings. The lowest BCUT2D eigenvalue weighted by Gasteiger charge is -2.12. The smallest absolute Gasteiger partial charge is 0.265 e.